The van der Waals surface area contributed by atoms with Crippen LogP contribution < -0.4 is 10.2 Å². The number of carbonyl (C=O) groups is 2. The maximum absolute atomic E-state index is 12.8. The van der Waals surface area contributed by atoms with Crippen LogP contribution in [0, 0.1) is 11.8 Å². The average molecular weight is 384 g/mol. The molecule has 136 valence electrons. The number of piperidine rings is 1. The Morgan fingerprint density at radius 1 is 1.16 bits per heavy atom. The molecule has 1 unspecified atom stereocenters. The number of likely N-dealkylation sites (tertiary alicyclic amines) is 1. The highest BCUT2D eigenvalue weighted by molar-refractivity contribution is 6.42. The lowest BCUT2D eigenvalue weighted by molar-refractivity contribution is -0.141. The Kier molecular flexibility index (Phi) is 5.87. The van der Waals surface area contributed by atoms with E-state index in [0.717, 1.165) is 32.5 Å². The molecule has 2 fully saturated rings. The maximum Gasteiger partial charge on any atom is 0.239 e. The van der Waals surface area contributed by atoms with Gasteiger partial charge in [0.25, 0.3) is 0 Å². The molecule has 25 heavy (non-hydrogen) atoms. The van der Waals surface area contributed by atoms with Crippen molar-refractivity contribution in [2.24, 2.45) is 11.8 Å². The number of rotatable bonds is 4. The molecule has 0 spiro atoms. The monoisotopic (exact) mass is 383 g/mol. The predicted molar refractivity (Wildman–Crippen MR) is 100 cm³/mol. The minimum Gasteiger partial charge on any atom is -0.342 e. The van der Waals surface area contributed by atoms with Gasteiger partial charge in [-0.1, -0.05) is 23.2 Å². The quantitative estimate of drug-likeness (QED) is 0.813. The van der Waals surface area contributed by atoms with Gasteiger partial charge in [0.2, 0.25) is 11.8 Å². The molecule has 2 heterocycles. The van der Waals surface area contributed by atoms with Crippen molar-refractivity contribution in [3.63, 3.8) is 0 Å². The minimum absolute atomic E-state index is 0.0320. The second-order valence-corrected chi connectivity index (χ2v) is 7.57. The summed E-state index contributed by atoms with van der Waals surface area (Å²) >= 11 is 12.0. The summed E-state index contributed by atoms with van der Waals surface area (Å²) < 4.78 is 0. The van der Waals surface area contributed by atoms with Gasteiger partial charge in [0.1, 0.15) is 5.92 Å². The van der Waals surface area contributed by atoms with Crippen molar-refractivity contribution in [1.82, 2.24) is 10.2 Å². The molecule has 2 aliphatic heterocycles. The minimum atomic E-state index is -0.574. The van der Waals surface area contributed by atoms with Crippen molar-refractivity contribution < 1.29 is 9.59 Å². The molecule has 0 bridgehead atoms. The molecule has 0 aromatic heterocycles. The summed E-state index contributed by atoms with van der Waals surface area (Å²) in [5.74, 6) is -0.132. The van der Waals surface area contributed by atoms with Gasteiger partial charge in [-0.15, -0.1) is 0 Å². The first kappa shape index (κ1) is 18.5. The van der Waals surface area contributed by atoms with Crippen LogP contribution in [0.3, 0.4) is 0 Å². The van der Waals surface area contributed by atoms with Crippen LogP contribution >= 0.6 is 23.2 Å². The molecule has 7 heteroatoms. The first-order chi connectivity index (χ1) is 12.0. The number of benzene rings is 1. The van der Waals surface area contributed by atoms with Crippen molar-refractivity contribution in [2.75, 3.05) is 38.1 Å². The fraction of sp³-hybridized carbons (Fsp3) is 0.556. The summed E-state index contributed by atoms with van der Waals surface area (Å²) in [6, 6.07) is 5.12. The van der Waals surface area contributed by atoms with Crippen molar-refractivity contribution >= 4 is 40.7 Å². The fourth-order valence-corrected chi connectivity index (χ4v) is 3.98. The van der Waals surface area contributed by atoms with E-state index in [9.17, 15) is 9.59 Å². The standard InChI is InChI=1S/C18H23Cl2N3O2/c1-21-11-12-4-7-22(8-5-12)17(24)14-6-9-23(18(14)25)13-2-3-15(19)16(20)10-13/h2-3,10,12,14,21H,4-9,11H2,1H3. The molecular weight excluding hydrogens is 361 g/mol. The maximum atomic E-state index is 12.8. The summed E-state index contributed by atoms with van der Waals surface area (Å²) in [5.41, 5.74) is 0.697. The van der Waals surface area contributed by atoms with Crippen LogP contribution in [0.5, 0.6) is 0 Å². The van der Waals surface area contributed by atoms with Crippen molar-refractivity contribution in [3.8, 4) is 0 Å². The van der Waals surface area contributed by atoms with E-state index in [2.05, 4.69) is 5.32 Å². The number of nitrogens with zero attached hydrogens (tertiary/aromatic N) is 2. The molecule has 0 radical (unpaired) electrons. The van der Waals surface area contributed by atoms with Crippen LogP contribution in [0.15, 0.2) is 18.2 Å². The van der Waals surface area contributed by atoms with E-state index in [0.29, 0.717) is 34.6 Å². The molecule has 5 nitrogen and oxygen atoms in total. The third-order valence-corrected chi connectivity index (χ3v) is 5.88. The highest BCUT2D eigenvalue weighted by Crippen LogP contribution is 2.32. The smallest absolute Gasteiger partial charge is 0.239 e. The van der Waals surface area contributed by atoms with Crippen molar-refractivity contribution in [2.45, 2.75) is 19.3 Å². The highest BCUT2D eigenvalue weighted by Gasteiger charge is 2.40. The van der Waals surface area contributed by atoms with Crippen LogP contribution in [0.2, 0.25) is 10.0 Å². The lowest BCUT2D eigenvalue weighted by Crippen LogP contribution is -2.45. The first-order valence-corrected chi connectivity index (χ1v) is 9.46. The first-order valence-electron chi connectivity index (χ1n) is 8.71. The molecule has 2 saturated heterocycles. The summed E-state index contributed by atoms with van der Waals surface area (Å²) in [7, 11) is 1.95. The molecule has 1 aromatic carbocycles. The van der Waals surface area contributed by atoms with Crippen LogP contribution in [0.25, 0.3) is 0 Å². The van der Waals surface area contributed by atoms with E-state index in [-0.39, 0.29) is 11.8 Å². The molecule has 2 amide bonds. The van der Waals surface area contributed by atoms with Crippen LogP contribution in [-0.4, -0.2) is 49.9 Å². The van der Waals surface area contributed by atoms with E-state index in [4.69, 9.17) is 23.2 Å². The van der Waals surface area contributed by atoms with Gasteiger partial charge < -0.3 is 15.1 Å². The SMILES string of the molecule is CNCC1CCN(C(=O)C2CCN(c3ccc(Cl)c(Cl)c3)C2=O)CC1. The van der Waals surface area contributed by atoms with Crippen molar-refractivity contribution in [1.29, 1.82) is 0 Å². The Labute approximate surface area is 158 Å². The summed E-state index contributed by atoms with van der Waals surface area (Å²) in [5, 5.41) is 4.06. The van der Waals surface area contributed by atoms with Gasteiger partial charge in [0, 0.05) is 25.3 Å². The number of carbonyl (C=O) groups excluding carboxylic acids is 2. The second kappa shape index (κ2) is 7.94. The lowest BCUT2D eigenvalue weighted by Gasteiger charge is -2.33. The number of nitrogens with one attached hydrogen (secondary N) is 1. The van der Waals surface area contributed by atoms with Gasteiger partial charge in [-0.05, 0) is 57.0 Å². The van der Waals surface area contributed by atoms with E-state index in [1.165, 1.54) is 0 Å². The summed E-state index contributed by atoms with van der Waals surface area (Å²) in [6.45, 7) is 2.99. The molecule has 3 rings (SSSR count). The third-order valence-electron chi connectivity index (χ3n) is 5.14. The Bertz CT molecular complexity index is 660. The van der Waals surface area contributed by atoms with Gasteiger partial charge in [0.05, 0.1) is 10.0 Å². The molecule has 2 aliphatic rings. The molecule has 1 atom stereocenters. The topological polar surface area (TPSA) is 52.7 Å². The van der Waals surface area contributed by atoms with Gasteiger partial charge in [-0.2, -0.15) is 0 Å². The van der Waals surface area contributed by atoms with E-state index >= 15 is 0 Å². The molecule has 1 N–H and O–H groups in total. The van der Waals surface area contributed by atoms with E-state index in [1.54, 1.807) is 23.1 Å². The van der Waals surface area contributed by atoms with E-state index in [1.807, 2.05) is 11.9 Å². The fourth-order valence-electron chi connectivity index (χ4n) is 3.68. The normalized spacial score (nSPS) is 21.9. The zero-order valence-corrected chi connectivity index (χ0v) is 15.8. The number of anilines is 1. The van der Waals surface area contributed by atoms with Gasteiger partial charge in [0.15, 0.2) is 0 Å². The number of hydrogen-bond donors (Lipinski definition) is 1. The number of amides is 2. The largest absolute Gasteiger partial charge is 0.342 e. The second-order valence-electron chi connectivity index (χ2n) is 6.76. The van der Waals surface area contributed by atoms with Gasteiger partial charge in [-0.3, -0.25) is 9.59 Å². The zero-order chi connectivity index (χ0) is 18.0. The Morgan fingerprint density at radius 3 is 2.52 bits per heavy atom. The van der Waals surface area contributed by atoms with Crippen molar-refractivity contribution in [3.05, 3.63) is 28.2 Å². The molecular formula is C18H23Cl2N3O2. The van der Waals surface area contributed by atoms with Crippen LogP contribution in [0.1, 0.15) is 19.3 Å². The predicted octanol–water partition coefficient (Wildman–Crippen LogP) is 2.80. The van der Waals surface area contributed by atoms with Crippen LogP contribution in [0.4, 0.5) is 5.69 Å². The zero-order valence-electron chi connectivity index (χ0n) is 14.3. The average Bonchev–Trinajstić information content (AvgIpc) is 2.99. The summed E-state index contributed by atoms with van der Waals surface area (Å²) in [6.07, 6.45) is 2.53. The number of hydrogen-bond acceptors (Lipinski definition) is 3. The summed E-state index contributed by atoms with van der Waals surface area (Å²) in [4.78, 5) is 29.0. The lowest BCUT2D eigenvalue weighted by atomic mass is 9.95. The third kappa shape index (κ3) is 3.94. The van der Waals surface area contributed by atoms with E-state index < -0.39 is 5.92 Å². The number of halogens is 2. The molecule has 0 saturated carbocycles. The highest BCUT2D eigenvalue weighted by atomic mass is 35.5. The van der Waals surface area contributed by atoms with Crippen LogP contribution in [-0.2, 0) is 9.59 Å². The van der Waals surface area contributed by atoms with Gasteiger partial charge in [-0.25, -0.2) is 0 Å². The molecule has 0 aliphatic carbocycles. The Balaban J connectivity index is 1.63. The Morgan fingerprint density at radius 2 is 1.88 bits per heavy atom. The Hall–Kier alpha value is -1.30. The molecule has 1 aromatic rings. The van der Waals surface area contributed by atoms with Gasteiger partial charge >= 0.3 is 0 Å².